The van der Waals surface area contributed by atoms with Crippen LogP contribution in [0.4, 0.5) is 14.6 Å². The number of aromatic hydroxyl groups is 1. The SMILES string of the molecule is Cc1nc2c(OCc3c(F)cccc3F)cccn2c1-c1nc2c(c(-n3cc(O)cn3)n1)C(C)(C)C(=O)N2. The Morgan fingerprint density at radius 1 is 1.11 bits per heavy atom. The Bertz CT molecular complexity index is 1740. The van der Waals surface area contributed by atoms with Gasteiger partial charge in [0.15, 0.2) is 28.8 Å². The molecule has 0 saturated heterocycles. The van der Waals surface area contributed by atoms with Crippen LogP contribution in [0, 0.1) is 18.6 Å². The summed E-state index contributed by atoms with van der Waals surface area (Å²) in [5.41, 5.74) is 0.867. The third kappa shape index (κ3) is 3.56. The minimum absolute atomic E-state index is 0.0620. The number of nitrogens with one attached hydrogen (secondary N) is 1. The van der Waals surface area contributed by atoms with Gasteiger partial charge >= 0.3 is 0 Å². The summed E-state index contributed by atoms with van der Waals surface area (Å²) < 4.78 is 37.1. The number of fused-ring (bicyclic) bond motifs is 2. The van der Waals surface area contributed by atoms with Crippen LogP contribution in [0.1, 0.15) is 30.7 Å². The predicted octanol–water partition coefficient (Wildman–Crippen LogP) is 4.08. The maximum Gasteiger partial charge on any atom is 0.235 e. The molecule has 12 heteroatoms. The van der Waals surface area contributed by atoms with Crippen molar-refractivity contribution in [3.63, 3.8) is 0 Å². The van der Waals surface area contributed by atoms with Crippen LogP contribution in [-0.2, 0) is 16.8 Å². The second kappa shape index (κ2) is 8.33. The summed E-state index contributed by atoms with van der Waals surface area (Å²) in [6.45, 7) is 4.95. The Morgan fingerprint density at radius 3 is 2.58 bits per heavy atom. The van der Waals surface area contributed by atoms with E-state index in [9.17, 15) is 18.7 Å². The molecule has 10 nitrogen and oxygen atoms in total. The highest BCUT2D eigenvalue weighted by Crippen LogP contribution is 2.41. The van der Waals surface area contributed by atoms with E-state index >= 15 is 0 Å². The minimum Gasteiger partial charge on any atom is -0.505 e. The first-order chi connectivity index (χ1) is 18.1. The average Bonchev–Trinajstić information content (AvgIpc) is 3.51. The zero-order valence-corrected chi connectivity index (χ0v) is 20.5. The molecule has 1 amide bonds. The minimum atomic E-state index is -0.942. The van der Waals surface area contributed by atoms with Crippen molar-refractivity contribution in [1.29, 1.82) is 0 Å². The lowest BCUT2D eigenvalue weighted by molar-refractivity contribution is -0.119. The Labute approximate surface area is 214 Å². The quantitative estimate of drug-likeness (QED) is 0.361. The van der Waals surface area contributed by atoms with Crippen molar-refractivity contribution in [2.45, 2.75) is 32.8 Å². The molecule has 5 aromatic rings. The number of aryl methyl sites for hydroxylation is 1. The van der Waals surface area contributed by atoms with Crippen LogP contribution in [0.2, 0.25) is 0 Å². The third-order valence-corrected chi connectivity index (χ3v) is 6.53. The van der Waals surface area contributed by atoms with Crippen molar-refractivity contribution in [2.24, 2.45) is 0 Å². The third-order valence-electron chi connectivity index (χ3n) is 6.53. The molecular formula is C26H21F2N7O3. The van der Waals surface area contributed by atoms with Crippen LogP contribution in [0.3, 0.4) is 0 Å². The Hall–Kier alpha value is -4.87. The van der Waals surface area contributed by atoms with E-state index in [0.29, 0.717) is 40.0 Å². The molecule has 0 atom stereocenters. The van der Waals surface area contributed by atoms with E-state index in [2.05, 4.69) is 20.4 Å². The van der Waals surface area contributed by atoms with Gasteiger partial charge in [0.1, 0.15) is 29.8 Å². The first-order valence-corrected chi connectivity index (χ1v) is 11.7. The van der Waals surface area contributed by atoms with Gasteiger partial charge in [0.2, 0.25) is 5.91 Å². The van der Waals surface area contributed by atoms with Crippen LogP contribution >= 0.6 is 0 Å². The van der Waals surface area contributed by atoms with Crippen LogP contribution in [0.15, 0.2) is 48.9 Å². The number of halogens is 2. The largest absolute Gasteiger partial charge is 0.505 e. The number of hydrogen-bond acceptors (Lipinski definition) is 7. The summed E-state index contributed by atoms with van der Waals surface area (Å²) in [5.74, 6) is -0.518. The van der Waals surface area contributed by atoms with Gasteiger partial charge in [0.25, 0.3) is 0 Å². The van der Waals surface area contributed by atoms with Crippen molar-refractivity contribution in [2.75, 3.05) is 5.32 Å². The number of amides is 1. The number of benzene rings is 1. The van der Waals surface area contributed by atoms with Crippen LogP contribution in [0.5, 0.6) is 11.5 Å². The van der Waals surface area contributed by atoms with E-state index in [4.69, 9.17) is 9.72 Å². The second-order valence-corrected chi connectivity index (χ2v) is 9.42. The van der Waals surface area contributed by atoms with Crippen molar-refractivity contribution in [1.82, 2.24) is 29.1 Å². The molecule has 1 aromatic carbocycles. The van der Waals surface area contributed by atoms with Crippen LogP contribution < -0.4 is 10.1 Å². The average molecular weight is 517 g/mol. The Kier molecular flexibility index (Phi) is 5.16. The molecule has 0 unspecified atom stereocenters. The second-order valence-electron chi connectivity index (χ2n) is 9.42. The molecule has 0 saturated carbocycles. The number of hydrogen-bond donors (Lipinski definition) is 2. The van der Waals surface area contributed by atoms with Crippen LogP contribution in [0.25, 0.3) is 23.0 Å². The molecule has 0 bridgehead atoms. The maximum atomic E-state index is 14.1. The molecule has 1 aliphatic heterocycles. The number of ether oxygens (including phenoxy) is 1. The normalized spacial score (nSPS) is 14.1. The number of carbonyl (C=O) groups is 1. The van der Waals surface area contributed by atoms with Crippen molar-refractivity contribution < 1.29 is 23.4 Å². The monoisotopic (exact) mass is 517 g/mol. The van der Waals surface area contributed by atoms with E-state index in [1.165, 1.54) is 35.3 Å². The number of rotatable bonds is 5. The highest BCUT2D eigenvalue weighted by molar-refractivity contribution is 6.05. The fourth-order valence-electron chi connectivity index (χ4n) is 4.55. The molecule has 0 radical (unpaired) electrons. The van der Waals surface area contributed by atoms with E-state index in [1.54, 1.807) is 43.5 Å². The van der Waals surface area contributed by atoms with Gasteiger partial charge in [0.05, 0.1) is 34.6 Å². The van der Waals surface area contributed by atoms with Crippen molar-refractivity contribution in [3.05, 3.63) is 77.4 Å². The highest BCUT2D eigenvalue weighted by atomic mass is 19.1. The van der Waals surface area contributed by atoms with Gasteiger partial charge in [-0.2, -0.15) is 5.10 Å². The molecular weight excluding hydrogens is 496 g/mol. The van der Waals surface area contributed by atoms with Gasteiger partial charge in [-0.25, -0.2) is 28.4 Å². The molecule has 192 valence electrons. The number of anilines is 1. The number of aromatic nitrogens is 6. The topological polar surface area (TPSA) is 119 Å². The van der Waals surface area contributed by atoms with E-state index < -0.39 is 17.0 Å². The Morgan fingerprint density at radius 2 is 1.87 bits per heavy atom. The van der Waals surface area contributed by atoms with E-state index in [0.717, 1.165) is 0 Å². The first-order valence-electron chi connectivity index (χ1n) is 11.7. The molecule has 0 spiro atoms. The van der Waals surface area contributed by atoms with E-state index in [1.807, 2.05) is 0 Å². The van der Waals surface area contributed by atoms with Gasteiger partial charge < -0.3 is 15.2 Å². The van der Waals surface area contributed by atoms with Crippen molar-refractivity contribution in [3.8, 4) is 28.8 Å². The number of pyridine rings is 1. The molecule has 0 aliphatic carbocycles. The summed E-state index contributed by atoms with van der Waals surface area (Å²) in [7, 11) is 0. The lowest BCUT2D eigenvalue weighted by atomic mass is 9.87. The number of carbonyl (C=O) groups excluding carboxylic acids is 1. The summed E-state index contributed by atoms with van der Waals surface area (Å²) in [6, 6.07) is 6.98. The maximum absolute atomic E-state index is 14.1. The van der Waals surface area contributed by atoms with Crippen LogP contribution in [-0.4, -0.2) is 40.1 Å². The molecule has 1 aliphatic rings. The molecule has 38 heavy (non-hydrogen) atoms. The lowest BCUT2D eigenvalue weighted by Gasteiger charge is -2.18. The zero-order chi connectivity index (χ0) is 26.8. The zero-order valence-electron chi connectivity index (χ0n) is 20.5. The van der Waals surface area contributed by atoms with E-state index in [-0.39, 0.29) is 29.7 Å². The van der Waals surface area contributed by atoms with Gasteiger partial charge in [-0.15, -0.1) is 0 Å². The summed E-state index contributed by atoms with van der Waals surface area (Å²) in [4.78, 5) is 26.8. The lowest BCUT2D eigenvalue weighted by Crippen LogP contribution is -2.28. The Balaban J connectivity index is 1.48. The fraction of sp³-hybridized carbons (Fsp3) is 0.192. The highest BCUT2D eigenvalue weighted by Gasteiger charge is 2.43. The molecule has 4 aromatic heterocycles. The summed E-state index contributed by atoms with van der Waals surface area (Å²) >= 11 is 0. The number of nitrogens with zero attached hydrogens (tertiary/aromatic N) is 6. The standard InChI is InChI=1S/C26H21F2N7O3/c1-13-20(34-9-5-8-18(23(34)30-13)38-12-15-16(27)6-4-7-17(15)28)22-31-21-19(26(2,3)25(37)33-21)24(32-22)35-11-14(36)10-29-35/h4-11,36H,12H2,1-3H3,(H,31,32,33,37). The molecule has 0 fully saturated rings. The number of imidazole rings is 1. The first kappa shape index (κ1) is 23.5. The molecule has 5 heterocycles. The van der Waals surface area contributed by atoms with Gasteiger partial charge in [-0.05, 0) is 45.0 Å². The fourth-order valence-corrected chi connectivity index (χ4v) is 4.55. The van der Waals surface area contributed by atoms with Gasteiger partial charge in [-0.3, -0.25) is 9.20 Å². The summed E-state index contributed by atoms with van der Waals surface area (Å²) in [5, 5.41) is 16.9. The molecule has 6 rings (SSSR count). The predicted molar refractivity (Wildman–Crippen MR) is 132 cm³/mol. The van der Waals surface area contributed by atoms with Gasteiger partial charge in [0, 0.05) is 6.20 Å². The molecule has 2 N–H and O–H groups in total. The van der Waals surface area contributed by atoms with Crippen molar-refractivity contribution >= 4 is 17.4 Å². The van der Waals surface area contributed by atoms with Gasteiger partial charge in [-0.1, -0.05) is 6.07 Å². The smallest absolute Gasteiger partial charge is 0.235 e. The summed E-state index contributed by atoms with van der Waals surface area (Å²) in [6.07, 6.45) is 4.40.